The standard InChI is InChI=1S/C54H101NO4/c1-3-5-7-9-11-13-15-17-19-21-23-25-26-27-28-29-31-32-34-36-38-40-42-44-46-48-52(57)51(50-56)55-54(59)53(58)49-47-45-43-41-39-37-35-33-30-24-22-20-18-16-14-12-10-8-6-4-2/h30-33,38,40,46,48,51-53,56-58H,3-29,34-37,39,41-45,47,49-50H2,1-2H3,(H,55,59)/b32-31+,33-30-,40-38+,48-46+. The first-order chi connectivity index (χ1) is 29.1. The zero-order valence-electron chi connectivity index (χ0n) is 39.4. The van der Waals surface area contributed by atoms with Crippen LogP contribution in [0.1, 0.15) is 264 Å². The molecule has 0 radical (unpaired) electrons. The van der Waals surface area contributed by atoms with Crippen molar-refractivity contribution in [2.45, 2.75) is 283 Å². The van der Waals surface area contributed by atoms with Gasteiger partial charge in [-0.2, -0.15) is 0 Å². The van der Waals surface area contributed by atoms with Crippen molar-refractivity contribution in [3.63, 3.8) is 0 Å². The number of unbranched alkanes of at least 4 members (excludes halogenated alkanes) is 33. The lowest BCUT2D eigenvalue weighted by Crippen LogP contribution is -2.48. The van der Waals surface area contributed by atoms with Crippen LogP contribution in [-0.4, -0.2) is 46.1 Å². The number of amides is 1. The van der Waals surface area contributed by atoms with Crippen molar-refractivity contribution in [3.8, 4) is 0 Å². The first kappa shape index (κ1) is 57.3. The summed E-state index contributed by atoms with van der Waals surface area (Å²) in [6.07, 6.45) is 64.6. The van der Waals surface area contributed by atoms with Gasteiger partial charge in [0.1, 0.15) is 6.10 Å². The molecular weight excluding hydrogens is 727 g/mol. The SMILES string of the molecule is CCCCCCCCCCCC/C=C\CCCCCCCCC(O)C(=O)NC(CO)C(O)/C=C/CC/C=C/CC/C=C/CCCCCCCCCCCCCCCCC. The van der Waals surface area contributed by atoms with Crippen LogP contribution < -0.4 is 5.32 Å². The molecule has 4 N–H and O–H groups in total. The molecule has 59 heavy (non-hydrogen) atoms. The second-order valence-corrected chi connectivity index (χ2v) is 17.7. The van der Waals surface area contributed by atoms with E-state index in [1.807, 2.05) is 6.08 Å². The highest BCUT2D eigenvalue weighted by Crippen LogP contribution is 2.16. The van der Waals surface area contributed by atoms with Gasteiger partial charge in [-0.25, -0.2) is 0 Å². The number of hydrogen-bond donors (Lipinski definition) is 4. The highest BCUT2D eigenvalue weighted by Gasteiger charge is 2.22. The van der Waals surface area contributed by atoms with E-state index in [0.29, 0.717) is 6.42 Å². The maximum atomic E-state index is 12.5. The van der Waals surface area contributed by atoms with E-state index in [1.54, 1.807) is 6.08 Å². The number of allylic oxidation sites excluding steroid dienone is 7. The van der Waals surface area contributed by atoms with Crippen molar-refractivity contribution < 1.29 is 20.1 Å². The van der Waals surface area contributed by atoms with Gasteiger partial charge in [-0.15, -0.1) is 0 Å². The third kappa shape index (κ3) is 44.2. The predicted molar refractivity (Wildman–Crippen MR) is 259 cm³/mol. The number of carbonyl (C=O) groups excluding carboxylic acids is 1. The topological polar surface area (TPSA) is 89.8 Å². The Morgan fingerprint density at radius 3 is 1.03 bits per heavy atom. The minimum atomic E-state index is -1.12. The van der Waals surface area contributed by atoms with Crippen LogP contribution in [0.2, 0.25) is 0 Å². The second kappa shape index (κ2) is 49.0. The minimum absolute atomic E-state index is 0.384. The fourth-order valence-corrected chi connectivity index (χ4v) is 7.80. The van der Waals surface area contributed by atoms with Gasteiger partial charge in [0, 0.05) is 0 Å². The summed E-state index contributed by atoms with van der Waals surface area (Å²) in [4.78, 5) is 12.5. The predicted octanol–water partition coefficient (Wildman–Crippen LogP) is 15.7. The van der Waals surface area contributed by atoms with Crippen molar-refractivity contribution in [2.24, 2.45) is 0 Å². The van der Waals surface area contributed by atoms with Gasteiger partial charge in [-0.1, -0.05) is 242 Å². The van der Waals surface area contributed by atoms with Gasteiger partial charge in [0.25, 0.3) is 0 Å². The number of aliphatic hydroxyl groups is 3. The molecule has 3 atom stereocenters. The number of nitrogens with one attached hydrogen (secondary N) is 1. The van der Waals surface area contributed by atoms with Crippen LogP contribution in [-0.2, 0) is 4.79 Å². The number of rotatable bonds is 47. The van der Waals surface area contributed by atoms with E-state index in [-0.39, 0.29) is 6.61 Å². The molecule has 0 heterocycles. The van der Waals surface area contributed by atoms with Crippen molar-refractivity contribution in [1.29, 1.82) is 0 Å². The number of aliphatic hydroxyl groups excluding tert-OH is 3. The van der Waals surface area contributed by atoms with Crippen LogP contribution in [0.3, 0.4) is 0 Å². The van der Waals surface area contributed by atoms with Crippen molar-refractivity contribution in [1.82, 2.24) is 5.32 Å². The molecule has 0 spiro atoms. The molecule has 0 aromatic rings. The summed E-state index contributed by atoms with van der Waals surface area (Å²) in [6, 6.07) is -0.825. The molecule has 0 aliphatic heterocycles. The Kier molecular flexibility index (Phi) is 47.6. The van der Waals surface area contributed by atoms with Crippen LogP contribution >= 0.6 is 0 Å². The molecule has 5 heteroatoms. The Bertz CT molecular complexity index is 958. The fraction of sp³-hybridized carbons (Fsp3) is 0.833. The van der Waals surface area contributed by atoms with E-state index in [4.69, 9.17) is 0 Å². The lowest BCUT2D eigenvalue weighted by Gasteiger charge is -2.21. The van der Waals surface area contributed by atoms with E-state index in [1.165, 1.54) is 199 Å². The van der Waals surface area contributed by atoms with Crippen molar-refractivity contribution in [2.75, 3.05) is 6.61 Å². The van der Waals surface area contributed by atoms with E-state index < -0.39 is 24.2 Å². The molecule has 0 aromatic carbocycles. The summed E-state index contributed by atoms with van der Waals surface area (Å²) in [5.74, 6) is -0.520. The van der Waals surface area contributed by atoms with Gasteiger partial charge in [-0.05, 0) is 70.6 Å². The number of carbonyl (C=O) groups is 1. The molecule has 0 aromatic heterocycles. The monoisotopic (exact) mass is 828 g/mol. The molecule has 0 aliphatic rings. The number of hydrogen-bond acceptors (Lipinski definition) is 4. The van der Waals surface area contributed by atoms with Crippen LogP contribution in [0.5, 0.6) is 0 Å². The lowest BCUT2D eigenvalue weighted by atomic mass is 10.0. The van der Waals surface area contributed by atoms with Crippen LogP contribution in [0.15, 0.2) is 48.6 Å². The third-order valence-electron chi connectivity index (χ3n) is 11.9. The Labute approximate surface area is 367 Å². The molecule has 5 nitrogen and oxygen atoms in total. The first-order valence-electron chi connectivity index (χ1n) is 26.0. The average Bonchev–Trinajstić information content (AvgIpc) is 3.24. The van der Waals surface area contributed by atoms with Gasteiger partial charge in [0.05, 0.1) is 18.8 Å². The fourth-order valence-electron chi connectivity index (χ4n) is 7.80. The van der Waals surface area contributed by atoms with E-state index in [2.05, 4.69) is 55.6 Å². The van der Waals surface area contributed by atoms with Gasteiger partial charge < -0.3 is 20.6 Å². The molecular formula is C54H101NO4. The highest BCUT2D eigenvalue weighted by atomic mass is 16.3. The average molecular weight is 828 g/mol. The second-order valence-electron chi connectivity index (χ2n) is 17.7. The molecule has 0 aliphatic carbocycles. The Morgan fingerprint density at radius 1 is 0.407 bits per heavy atom. The largest absolute Gasteiger partial charge is 0.394 e. The van der Waals surface area contributed by atoms with Gasteiger partial charge in [0.2, 0.25) is 5.91 Å². The molecule has 0 saturated carbocycles. The first-order valence-corrected chi connectivity index (χ1v) is 26.0. The molecule has 1 amide bonds. The molecule has 346 valence electrons. The summed E-state index contributed by atoms with van der Waals surface area (Å²) in [5.41, 5.74) is 0. The van der Waals surface area contributed by atoms with Crippen LogP contribution in [0, 0.1) is 0 Å². The molecule has 0 bridgehead atoms. The normalized spacial score (nSPS) is 13.8. The van der Waals surface area contributed by atoms with Gasteiger partial charge >= 0.3 is 0 Å². The molecule has 0 rings (SSSR count). The summed E-state index contributed by atoms with van der Waals surface area (Å²) in [6.45, 7) is 4.18. The Morgan fingerprint density at radius 2 is 0.695 bits per heavy atom. The Balaban J connectivity index is 3.69. The lowest BCUT2D eigenvalue weighted by molar-refractivity contribution is -0.131. The van der Waals surface area contributed by atoms with E-state index in [9.17, 15) is 20.1 Å². The quantitative estimate of drug-likeness (QED) is 0.0363. The maximum Gasteiger partial charge on any atom is 0.249 e. The van der Waals surface area contributed by atoms with E-state index >= 15 is 0 Å². The summed E-state index contributed by atoms with van der Waals surface area (Å²) in [5, 5.41) is 33.2. The van der Waals surface area contributed by atoms with Gasteiger partial charge in [-0.3, -0.25) is 4.79 Å². The third-order valence-corrected chi connectivity index (χ3v) is 11.9. The van der Waals surface area contributed by atoms with Crippen LogP contribution in [0.4, 0.5) is 0 Å². The molecule has 3 unspecified atom stereocenters. The summed E-state index contributed by atoms with van der Waals surface area (Å²) in [7, 11) is 0. The smallest absolute Gasteiger partial charge is 0.249 e. The highest BCUT2D eigenvalue weighted by molar-refractivity contribution is 5.80. The molecule has 0 saturated heterocycles. The Hall–Kier alpha value is -1.69. The van der Waals surface area contributed by atoms with E-state index in [0.717, 1.165) is 44.9 Å². The minimum Gasteiger partial charge on any atom is -0.394 e. The zero-order valence-corrected chi connectivity index (χ0v) is 39.4. The van der Waals surface area contributed by atoms with Crippen molar-refractivity contribution >= 4 is 5.91 Å². The van der Waals surface area contributed by atoms with Gasteiger partial charge in [0.15, 0.2) is 0 Å². The molecule has 0 fully saturated rings. The zero-order chi connectivity index (χ0) is 43.0. The van der Waals surface area contributed by atoms with Crippen molar-refractivity contribution in [3.05, 3.63) is 48.6 Å². The summed E-state index contributed by atoms with van der Waals surface area (Å²) < 4.78 is 0. The van der Waals surface area contributed by atoms with Crippen LogP contribution in [0.25, 0.3) is 0 Å². The summed E-state index contributed by atoms with van der Waals surface area (Å²) >= 11 is 0. The maximum absolute atomic E-state index is 12.5.